The number of rotatable bonds is 7. The van der Waals surface area contributed by atoms with E-state index >= 15 is 0 Å². The van der Waals surface area contributed by atoms with Crippen LogP contribution in [0.1, 0.15) is 25.3 Å². The predicted octanol–water partition coefficient (Wildman–Crippen LogP) is 1.68. The number of nitrogens with zero attached hydrogens (tertiary/aromatic N) is 2. The number of hydrogen-bond donors (Lipinski definition) is 1. The monoisotopic (exact) mass is 221 g/mol. The van der Waals surface area contributed by atoms with Gasteiger partial charge in [-0.1, -0.05) is 13.3 Å². The molecular weight excluding hydrogens is 198 g/mol. The first-order valence-corrected chi connectivity index (χ1v) is 6.05. The number of hydrogen-bond acceptors (Lipinski definition) is 3. The lowest BCUT2D eigenvalue weighted by molar-refractivity contribution is 0.307. The summed E-state index contributed by atoms with van der Waals surface area (Å²) in [4.78, 5) is 6.32. The Morgan fingerprint density at radius 2 is 2.06 bits per heavy atom. The number of nitrogens with two attached hydrogens (primary N) is 1. The maximum absolute atomic E-state index is 6.00. The van der Waals surface area contributed by atoms with Crippen LogP contribution in [0, 0.1) is 0 Å². The lowest BCUT2D eigenvalue weighted by atomic mass is 10.1. The Kier molecular flexibility index (Phi) is 6.04. The van der Waals surface area contributed by atoms with E-state index < -0.39 is 0 Å². The van der Waals surface area contributed by atoms with Crippen LogP contribution < -0.4 is 5.73 Å². The van der Waals surface area contributed by atoms with E-state index in [1.165, 1.54) is 12.0 Å². The molecule has 0 radical (unpaired) electrons. The van der Waals surface area contributed by atoms with Crippen LogP contribution in [0.15, 0.2) is 24.5 Å². The van der Waals surface area contributed by atoms with Crippen LogP contribution in [0.2, 0.25) is 0 Å². The van der Waals surface area contributed by atoms with Crippen molar-refractivity contribution in [2.24, 2.45) is 5.73 Å². The summed E-state index contributed by atoms with van der Waals surface area (Å²) >= 11 is 0. The van der Waals surface area contributed by atoms with E-state index in [0.717, 1.165) is 25.9 Å². The molecule has 0 aliphatic carbocycles. The Labute approximate surface area is 98.7 Å². The average molecular weight is 221 g/mol. The summed E-state index contributed by atoms with van der Waals surface area (Å²) in [6.45, 7) is 4.22. The van der Waals surface area contributed by atoms with E-state index in [1.807, 2.05) is 12.4 Å². The van der Waals surface area contributed by atoms with Gasteiger partial charge in [0.05, 0.1) is 0 Å². The molecule has 1 aromatic rings. The predicted molar refractivity (Wildman–Crippen MR) is 68.3 cm³/mol. The fourth-order valence-corrected chi connectivity index (χ4v) is 1.82. The van der Waals surface area contributed by atoms with Gasteiger partial charge < -0.3 is 10.6 Å². The zero-order valence-corrected chi connectivity index (χ0v) is 10.4. The van der Waals surface area contributed by atoms with Gasteiger partial charge in [0.1, 0.15) is 0 Å². The van der Waals surface area contributed by atoms with Crippen molar-refractivity contribution in [3.05, 3.63) is 30.1 Å². The molecule has 16 heavy (non-hydrogen) atoms. The van der Waals surface area contributed by atoms with Gasteiger partial charge in [-0.2, -0.15) is 0 Å². The third kappa shape index (κ3) is 5.24. The second kappa shape index (κ2) is 7.36. The van der Waals surface area contributed by atoms with E-state index in [9.17, 15) is 0 Å². The molecule has 1 atom stereocenters. The van der Waals surface area contributed by atoms with Crippen molar-refractivity contribution in [3.8, 4) is 0 Å². The van der Waals surface area contributed by atoms with E-state index in [1.54, 1.807) is 0 Å². The first kappa shape index (κ1) is 13.1. The van der Waals surface area contributed by atoms with Gasteiger partial charge in [-0.05, 0) is 37.6 Å². The molecule has 1 rings (SSSR count). The third-order valence-corrected chi connectivity index (χ3v) is 2.74. The molecule has 1 heterocycles. The molecule has 0 spiro atoms. The Balaban J connectivity index is 2.22. The molecule has 1 aromatic heterocycles. The van der Waals surface area contributed by atoms with E-state index in [-0.39, 0.29) is 0 Å². The van der Waals surface area contributed by atoms with Gasteiger partial charge in [-0.3, -0.25) is 4.98 Å². The van der Waals surface area contributed by atoms with Crippen molar-refractivity contribution in [2.45, 2.75) is 32.2 Å². The molecule has 0 aliphatic heterocycles. The fraction of sp³-hybridized carbons (Fsp3) is 0.615. The van der Waals surface area contributed by atoms with Gasteiger partial charge in [-0.15, -0.1) is 0 Å². The van der Waals surface area contributed by atoms with Gasteiger partial charge in [0, 0.05) is 31.5 Å². The summed E-state index contributed by atoms with van der Waals surface area (Å²) in [7, 11) is 2.14. The smallest absolute Gasteiger partial charge is 0.0270 e. The molecule has 3 heteroatoms. The summed E-state index contributed by atoms with van der Waals surface area (Å²) in [5.41, 5.74) is 7.34. The van der Waals surface area contributed by atoms with Crippen LogP contribution in [0.25, 0.3) is 0 Å². The quantitative estimate of drug-likeness (QED) is 0.762. The molecule has 0 aromatic carbocycles. The van der Waals surface area contributed by atoms with Crippen LogP contribution in [0.3, 0.4) is 0 Å². The SMILES string of the molecule is CCC[C@H](N)CN(C)CCc1ccncc1. The summed E-state index contributed by atoms with van der Waals surface area (Å²) in [6.07, 6.45) is 7.03. The summed E-state index contributed by atoms with van der Waals surface area (Å²) in [6, 6.07) is 4.45. The summed E-state index contributed by atoms with van der Waals surface area (Å²) < 4.78 is 0. The number of pyridine rings is 1. The van der Waals surface area contributed by atoms with Gasteiger partial charge in [0.15, 0.2) is 0 Å². The van der Waals surface area contributed by atoms with Crippen LogP contribution in [-0.2, 0) is 6.42 Å². The van der Waals surface area contributed by atoms with Gasteiger partial charge >= 0.3 is 0 Å². The highest BCUT2D eigenvalue weighted by atomic mass is 15.1. The Morgan fingerprint density at radius 3 is 2.69 bits per heavy atom. The third-order valence-electron chi connectivity index (χ3n) is 2.74. The van der Waals surface area contributed by atoms with Crippen LogP contribution in [0.5, 0.6) is 0 Å². The first-order chi connectivity index (χ1) is 7.72. The van der Waals surface area contributed by atoms with Crippen molar-refractivity contribution >= 4 is 0 Å². The lowest BCUT2D eigenvalue weighted by Gasteiger charge is -2.20. The maximum Gasteiger partial charge on any atom is 0.0270 e. The van der Waals surface area contributed by atoms with Crippen molar-refractivity contribution in [1.82, 2.24) is 9.88 Å². The van der Waals surface area contributed by atoms with Crippen LogP contribution in [0.4, 0.5) is 0 Å². The van der Waals surface area contributed by atoms with Crippen molar-refractivity contribution < 1.29 is 0 Å². The number of likely N-dealkylation sites (N-methyl/N-ethyl adjacent to an activating group) is 1. The minimum absolute atomic E-state index is 0.312. The van der Waals surface area contributed by atoms with E-state index in [2.05, 4.69) is 36.0 Å². The second-order valence-electron chi connectivity index (χ2n) is 4.42. The Hall–Kier alpha value is -0.930. The minimum atomic E-state index is 0.312. The lowest BCUT2D eigenvalue weighted by Crippen LogP contribution is -2.36. The second-order valence-corrected chi connectivity index (χ2v) is 4.42. The first-order valence-electron chi connectivity index (χ1n) is 6.05. The topological polar surface area (TPSA) is 42.1 Å². The molecule has 0 aliphatic rings. The van der Waals surface area contributed by atoms with E-state index in [0.29, 0.717) is 6.04 Å². The van der Waals surface area contributed by atoms with E-state index in [4.69, 9.17) is 5.73 Å². The standard InChI is InChI=1S/C13H23N3/c1-3-4-13(14)11-16(2)10-7-12-5-8-15-9-6-12/h5-6,8-9,13H,3-4,7,10-11,14H2,1-2H3/t13-/m0/s1. The Bertz CT molecular complexity index is 274. The molecular formula is C13H23N3. The zero-order chi connectivity index (χ0) is 11.8. The Morgan fingerprint density at radius 1 is 1.38 bits per heavy atom. The fourth-order valence-electron chi connectivity index (χ4n) is 1.82. The van der Waals surface area contributed by atoms with Gasteiger partial charge in [0.25, 0.3) is 0 Å². The average Bonchev–Trinajstić information content (AvgIpc) is 2.28. The minimum Gasteiger partial charge on any atom is -0.327 e. The molecule has 0 saturated heterocycles. The molecule has 0 saturated carbocycles. The van der Waals surface area contributed by atoms with Gasteiger partial charge in [0.2, 0.25) is 0 Å². The zero-order valence-electron chi connectivity index (χ0n) is 10.4. The maximum atomic E-state index is 6.00. The highest BCUT2D eigenvalue weighted by Crippen LogP contribution is 2.00. The molecule has 0 amide bonds. The van der Waals surface area contributed by atoms with Gasteiger partial charge in [-0.25, -0.2) is 0 Å². The molecule has 0 fully saturated rings. The summed E-state index contributed by atoms with van der Waals surface area (Å²) in [5.74, 6) is 0. The highest BCUT2D eigenvalue weighted by molar-refractivity contribution is 5.09. The normalized spacial score (nSPS) is 13.0. The summed E-state index contributed by atoms with van der Waals surface area (Å²) in [5, 5.41) is 0. The van der Waals surface area contributed by atoms with Crippen molar-refractivity contribution in [1.29, 1.82) is 0 Å². The van der Waals surface area contributed by atoms with Crippen molar-refractivity contribution in [3.63, 3.8) is 0 Å². The molecule has 2 N–H and O–H groups in total. The molecule has 90 valence electrons. The number of aromatic nitrogens is 1. The highest BCUT2D eigenvalue weighted by Gasteiger charge is 2.05. The van der Waals surface area contributed by atoms with Crippen molar-refractivity contribution in [2.75, 3.05) is 20.1 Å². The molecule has 3 nitrogen and oxygen atoms in total. The largest absolute Gasteiger partial charge is 0.327 e. The van der Waals surface area contributed by atoms with Crippen LogP contribution >= 0.6 is 0 Å². The molecule has 0 unspecified atom stereocenters. The molecule has 0 bridgehead atoms. The van der Waals surface area contributed by atoms with Crippen LogP contribution in [-0.4, -0.2) is 36.1 Å².